The lowest BCUT2D eigenvalue weighted by molar-refractivity contribution is 0.0953. The predicted octanol–water partition coefficient (Wildman–Crippen LogP) is 2.21. The van der Waals surface area contributed by atoms with Gasteiger partial charge in [0.05, 0.1) is 0 Å². The van der Waals surface area contributed by atoms with Crippen LogP contribution in [0.2, 0.25) is 0 Å². The summed E-state index contributed by atoms with van der Waals surface area (Å²) in [5.41, 5.74) is 0.689. The van der Waals surface area contributed by atoms with Gasteiger partial charge in [-0.2, -0.15) is 0 Å². The highest BCUT2D eigenvalue weighted by molar-refractivity contribution is 9.10. The Kier molecular flexibility index (Phi) is 8.25. The van der Waals surface area contributed by atoms with Crippen LogP contribution in [-0.4, -0.2) is 26.0 Å². The van der Waals surface area contributed by atoms with E-state index in [1.807, 2.05) is 25.2 Å². The van der Waals surface area contributed by atoms with Crippen molar-refractivity contribution in [3.8, 4) is 0 Å². The molecule has 0 bridgehead atoms. The number of hydrogen-bond acceptors (Lipinski definition) is 2. The van der Waals surface area contributed by atoms with Crippen LogP contribution in [0.3, 0.4) is 0 Å². The number of carbonyl (C=O) groups is 1. The quantitative estimate of drug-likeness (QED) is 0.819. The van der Waals surface area contributed by atoms with E-state index in [-0.39, 0.29) is 18.3 Å². The van der Waals surface area contributed by atoms with Crippen molar-refractivity contribution < 1.29 is 4.79 Å². The Hall–Kier alpha value is -0.580. The van der Waals surface area contributed by atoms with Crippen LogP contribution in [0.1, 0.15) is 16.8 Å². The molecule has 1 rings (SSSR count). The number of amides is 1. The van der Waals surface area contributed by atoms with Crippen molar-refractivity contribution in [2.24, 2.45) is 0 Å². The van der Waals surface area contributed by atoms with Crippen molar-refractivity contribution in [3.63, 3.8) is 0 Å². The van der Waals surface area contributed by atoms with Crippen molar-refractivity contribution in [1.29, 1.82) is 0 Å². The molecule has 1 amide bonds. The van der Waals surface area contributed by atoms with Gasteiger partial charge in [-0.05, 0) is 38.2 Å². The number of nitrogens with one attached hydrogen (secondary N) is 2. The summed E-state index contributed by atoms with van der Waals surface area (Å²) in [6.45, 7) is 1.62. The highest BCUT2D eigenvalue weighted by atomic mass is 79.9. The molecule has 0 saturated heterocycles. The largest absolute Gasteiger partial charge is 0.352 e. The summed E-state index contributed by atoms with van der Waals surface area (Å²) in [5.74, 6) is -0.0209. The minimum absolute atomic E-state index is 0. The molecule has 1 aromatic rings. The first-order valence-electron chi connectivity index (χ1n) is 4.92. The fourth-order valence-corrected chi connectivity index (χ4v) is 1.60. The van der Waals surface area contributed by atoms with E-state index in [4.69, 9.17) is 0 Å². The molecule has 90 valence electrons. The number of benzene rings is 1. The average molecular weight is 308 g/mol. The Morgan fingerprint density at radius 1 is 1.38 bits per heavy atom. The number of hydrogen-bond donors (Lipinski definition) is 2. The monoisotopic (exact) mass is 306 g/mol. The van der Waals surface area contributed by atoms with E-state index in [9.17, 15) is 4.79 Å². The zero-order valence-corrected chi connectivity index (χ0v) is 11.5. The van der Waals surface area contributed by atoms with Crippen molar-refractivity contribution in [3.05, 3.63) is 34.3 Å². The maximum Gasteiger partial charge on any atom is 0.251 e. The summed E-state index contributed by atoms with van der Waals surface area (Å²) in [7, 11) is 1.90. The molecule has 0 radical (unpaired) electrons. The molecule has 0 aromatic heterocycles. The molecular formula is C11H16BrClN2O. The Balaban J connectivity index is 0.00000225. The van der Waals surface area contributed by atoms with E-state index < -0.39 is 0 Å². The molecule has 16 heavy (non-hydrogen) atoms. The van der Waals surface area contributed by atoms with Crippen molar-refractivity contribution in [2.45, 2.75) is 6.42 Å². The summed E-state index contributed by atoms with van der Waals surface area (Å²) in [6, 6.07) is 7.37. The third-order valence-corrected chi connectivity index (χ3v) is 2.47. The maximum atomic E-state index is 11.6. The van der Waals surface area contributed by atoms with Gasteiger partial charge >= 0.3 is 0 Å². The second-order valence-electron chi connectivity index (χ2n) is 3.22. The normalized spacial score (nSPS) is 9.38. The fourth-order valence-electron chi connectivity index (χ4n) is 1.20. The van der Waals surface area contributed by atoms with Crippen LogP contribution in [0.5, 0.6) is 0 Å². The molecule has 0 aliphatic heterocycles. The van der Waals surface area contributed by atoms with Gasteiger partial charge in [-0.15, -0.1) is 12.4 Å². The Morgan fingerprint density at radius 3 is 2.75 bits per heavy atom. The standard InChI is InChI=1S/C11H15BrN2O.ClH/c1-13-6-3-7-14-11(15)9-4-2-5-10(12)8-9;/h2,4-5,8,13H,3,6-7H2,1H3,(H,14,15);1H. The van der Waals surface area contributed by atoms with Crippen molar-refractivity contribution >= 4 is 34.2 Å². The van der Waals surface area contributed by atoms with Gasteiger partial charge in [0.1, 0.15) is 0 Å². The first-order valence-corrected chi connectivity index (χ1v) is 5.71. The predicted molar refractivity (Wildman–Crippen MR) is 72.3 cm³/mol. The number of carbonyl (C=O) groups excluding carboxylic acids is 1. The van der Waals surface area contributed by atoms with E-state index >= 15 is 0 Å². The second kappa shape index (κ2) is 8.56. The summed E-state index contributed by atoms with van der Waals surface area (Å²) >= 11 is 3.33. The van der Waals surface area contributed by atoms with Gasteiger partial charge in [0.2, 0.25) is 0 Å². The van der Waals surface area contributed by atoms with Gasteiger partial charge in [-0.25, -0.2) is 0 Å². The molecule has 0 aliphatic carbocycles. The summed E-state index contributed by atoms with van der Waals surface area (Å²) < 4.78 is 0.922. The van der Waals surface area contributed by atoms with Crippen LogP contribution in [0.4, 0.5) is 0 Å². The molecule has 0 aliphatic rings. The molecular weight excluding hydrogens is 291 g/mol. The van der Waals surface area contributed by atoms with Crippen LogP contribution in [0.25, 0.3) is 0 Å². The molecule has 3 nitrogen and oxygen atoms in total. The Bertz CT molecular complexity index is 334. The Labute approximate surface area is 111 Å². The second-order valence-corrected chi connectivity index (χ2v) is 4.14. The zero-order valence-electron chi connectivity index (χ0n) is 9.13. The third-order valence-electron chi connectivity index (χ3n) is 1.98. The molecule has 5 heteroatoms. The molecule has 0 saturated carbocycles. The number of rotatable bonds is 5. The summed E-state index contributed by atoms with van der Waals surface area (Å²) in [4.78, 5) is 11.6. The van der Waals surface area contributed by atoms with Gasteiger partial charge in [0.15, 0.2) is 0 Å². The van der Waals surface area contributed by atoms with Gasteiger partial charge < -0.3 is 10.6 Å². The third kappa shape index (κ3) is 5.49. The molecule has 1 aromatic carbocycles. The van der Waals surface area contributed by atoms with Crippen molar-refractivity contribution in [1.82, 2.24) is 10.6 Å². The highest BCUT2D eigenvalue weighted by Crippen LogP contribution is 2.11. The van der Waals surface area contributed by atoms with Crippen molar-refractivity contribution in [2.75, 3.05) is 20.1 Å². The van der Waals surface area contributed by atoms with Crippen LogP contribution in [-0.2, 0) is 0 Å². The maximum absolute atomic E-state index is 11.6. The number of halogens is 2. The van der Waals surface area contributed by atoms with Gasteiger partial charge in [0, 0.05) is 16.6 Å². The van der Waals surface area contributed by atoms with E-state index in [0.29, 0.717) is 12.1 Å². The van der Waals surface area contributed by atoms with E-state index in [0.717, 1.165) is 17.4 Å². The topological polar surface area (TPSA) is 41.1 Å². The van der Waals surface area contributed by atoms with E-state index in [1.54, 1.807) is 6.07 Å². The van der Waals surface area contributed by atoms with Gasteiger partial charge in [0.25, 0.3) is 5.91 Å². The lowest BCUT2D eigenvalue weighted by Gasteiger charge is -2.05. The summed E-state index contributed by atoms with van der Waals surface area (Å²) in [6.07, 6.45) is 0.941. The molecule has 2 N–H and O–H groups in total. The van der Waals surface area contributed by atoms with Crippen LogP contribution >= 0.6 is 28.3 Å². The first-order chi connectivity index (χ1) is 7.24. The fraction of sp³-hybridized carbons (Fsp3) is 0.364. The molecule has 0 heterocycles. The first kappa shape index (κ1) is 15.4. The molecule has 0 spiro atoms. The van der Waals surface area contributed by atoms with Gasteiger partial charge in [-0.1, -0.05) is 22.0 Å². The smallest absolute Gasteiger partial charge is 0.251 e. The van der Waals surface area contributed by atoms with Gasteiger partial charge in [-0.3, -0.25) is 4.79 Å². The lowest BCUT2D eigenvalue weighted by Crippen LogP contribution is -2.26. The van der Waals surface area contributed by atoms with E-state index in [2.05, 4.69) is 26.6 Å². The van der Waals surface area contributed by atoms with Crippen LogP contribution in [0.15, 0.2) is 28.7 Å². The average Bonchev–Trinajstić information content (AvgIpc) is 2.24. The van der Waals surface area contributed by atoms with Crippen LogP contribution in [0, 0.1) is 0 Å². The molecule has 0 atom stereocenters. The SMILES string of the molecule is CNCCCNC(=O)c1cccc(Br)c1.Cl. The Morgan fingerprint density at radius 2 is 2.12 bits per heavy atom. The summed E-state index contributed by atoms with van der Waals surface area (Å²) in [5, 5.41) is 5.89. The lowest BCUT2D eigenvalue weighted by atomic mass is 10.2. The minimum Gasteiger partial charge on any atom is -0.352 e. The minimum atomic E-state index is -0.0209. The highest BCUT2D eigenvalue weighted by Gasteiger charge is 2.03. The van der Waals surface area contributed by atoms with E-state index in [1.165, 1.54) is 0 Å². The molecule has 0 unspecified atom stereocenters. The van der Waals surface area contributed by atoms with Crippen LogP contribution < -0.4 is 10.6 Å². The zero-order chi connectivity index (χ0) is 11.1. The molecule has 0 fully saturated rings.